The maximum absolute atomic E-state index is 13.3. The summed E-state index contributed by atoms with van der Waals surface area (Å²) in [6.45, 7) is 1.26. The van der Waals surface area contributed by atoms with Crippen LogP contribution in [0.3, 0.4) is 0 Å². The number of carbonyl (C=O) groups is 7. The van der Waals surface area contributed by atoms with Crippen LogP contribution in [0.15, 0.2) is 54.7 Å². The van der Waals surface area contributed by atoms with Crippen molar-refractivity contribution in [2.24, 2.45) is 11.3 Å². The molecule has 0 radical (unpaired) electrons. The number of fused-ring (bicyclic) bond motifs is 2. The van der Waals surface area contributed by atoms with Gasteiger partial charge in [-0.15, -0.1) is 0 Å². The first-order valence-corrected chi connectivity index (χ1v) is 20.1. The lowest BCUT2D eigenvalue weighted by Crippen LogP contribution is -2.63. The third kappa shape index (κ3) is 7.83. The molecular weight excluding hydrogens is 755 g/mol. The van der Waals surface area contributed by atoms with E-state index < -0.39 is 29.7 Å². The average Bonchev–Trinajstić information content (AvgIpc) is 3.89. The molecule has 3 aliphatic heterocycles. The summed E-state index contributed by atoms with van der Waals surface area (Å²) in [4.78, 5) is 102. The number of benzene rings is 2. The van der Waals surface area contributed by atoms with Crippen molar-refractivity contribution in [3.8, 4) is 0 Å². The van der Waals surface area contributed by atoms with Crippen molar-refractivity contribution in [2.75, 3.05) is 44.9 Å². The van der Waals surface area contributed by atoms with Gasteiger partial charge in [0, 0.05) is 65.9 Å². The van der Waals surface area contributed by atoms with Crippen molar-refractivity contribution in [2.45, 2.75) is 69.9 Å². The minimum absolute atomic E-state index is 0.0117. The van der Waals surface area contributed by atoms with Gasteiger partial charge in [-0.25, -0.2) is 4.98 Å². The molecule has 16 heteroatoms. The molecule has 2 aliphatic carbocycles. The zero-order valence-corrected chi connectivity index (χ0v) is 33.3. The number of nitrogens with one attached hydrogen (secondary N) is 3. The molecular formula is C43H47N9O7. The summed E-state index contributed by atoms with van der Waals surface area (Å²) in [5, 5.41) is 9.07. The second kappa shape index (κ2) is 15.8. The van der Waals surface area contributed by atoms with Crippen LogP contribution in [0, 0.1) is 11.3 Å². The lowest BCUT2D eigenvalue weighted by molar-refractivity contribution is -0.136. The minimum atomic E-state index is -1.06. The zero-order chi connectivity index (χ0) is 41.6. The van der Waals surface area contributed by atoms with E-state index in [4.69, 9.17) is 4.98 Å². The van der Waals surface area contributed by atoms with Gasteiger partial charge in [-0.2, -0.15) is 4.98 Å². The second-order valence-corrected chi connectivity index (χ2v) is 16.9. The molecule has 4 fully saturated rings. The molecule has 16 nitrogen and oxygen atoms in total. The molecule has 59 heavy (non-hydrogen) atoms. The number of nitrogens with zero attached hydrogens (tertiary/aromatic N) is 6. The molecule has 0 bridgehead atoms. The van der Waals surface area contributed by atoms with Crippen LogP contribution in [0.4, 0.5) is 17.3 Å². The van der Waals surface area contributed by atoms with Gasteiger partial charge in [0.2, 0.25) is 23.7 Å². The third-order valence-electron chi connectivity index (χ3n) is 11.8. The van der Waals surface area contributed by atoms with Gasteiger partial charge in [0.15, 0.2) is 6.29 Å². The highest BCUT2D eigenvalue weighted by Gasteiger charge is 2.54. The van der Waals surface area contributed by atoms with E-state index >= 15 is 0 Å². The smallest absolute Gasteiger partial charge is 0.262 e. The number of carbonyl (C=O) groups excluding carboxylic acids is 7. The number of hydrogen-bond acceptors (Lipinski definition) is 11. The number of likely N-dealkylation sites (tertiary alicyclic amines) is 1. The highest BCUT2D eigenvalue weighted by atomic mass is 16.2. The van der Waals surface area contributed by atoms with Gasteiger partial charge in [0.1, 0.15) is 11.7 Å². The summed E-state index contributed by atoms with van der Waals surface area (Å²) in [5.74, 6) is -2.04. The van der Waals surface area contributed by atoms with Crippen molar-refractivity contribution in [1.29, 1.82) is 0 Å². The van der Waals surface area contributed by atoms with Gasteiger partial charge in [-0.3, -0.25) is 43.8 Å². The van der Waals surface area contributed by atoms with Crippen molar-refractivity contribution >= 4 is 70.1 Å². The van der Waals surface area contributed by atoms with E-state index in [1.807, 2.05) is 53.7 Å². The largest absolute Gasteiger partial charge is 0.337 e. The van der Waals surface area contributed by atoms with Crippen molar-refractivity contribution in [3.63, 3.8) is 0 Å². The van der Waals surface area contributed by atoms with E-state index in [1.165, 1.54) is 12.1 Å². The number of amides is 6. The Kier molecular flexibility index (Phi) is 10.6. The highest BCUT2D eigenvalue weighted by molar-refractivity contribution is 6.24. The van der Waals surface area contributed by atoms with E-state index in [0.717, 1.165) is 66.4 Å². The molecule has 3 N–H and O–H groups in total. The van der Waals surface area contributed by atoms with Gasteiger partial charge >= 0.3 is 0 Å². The Balaban J connectivity index is 0.00000116. The van der Waals surface area contributed by atoms with E-state index in [2.05, 4.69) is 20.9 Å². The molecule has 5 heterocycles. The van der Waals surface area contributed by atoms with Crippen LogP contribution in [-0.4, -0.2) is 111 Å². The predicted molar refractivity (Wildman–Crippen MR) is 217 cm³/mol. The molecule has 2 aromatic carbocycles. The molecule has 4 aromatic rings. The van der Waals surface area contributed by atoms with Crippen LogP contribution in [0.1, 0.15) is 105 Å². The number of piperidine rings is 1. The zero-order valence-electron chi connectivity index (χ0n) is 33.3. The third-order valence-corrected chi connectivity index (χ3v) is 11.8. The Hall–Kier alpha value is -6.29. The quantitative estimate of drug-likeness (QED) is 0.159. The van der Waals surface area contributed by atoms with Gasteiger partial charge in [-0.1, -0.05) is 12.8 Å². The number of hydrogen-bond donors (Lipinski definition) is 3. The Morgan fingerprint density at radius 3 is 2.27 bits per heavy atom. The molecule has 2 saturated carbocycles. The van der Waals surface area contributed by atoms with E-state index in [0.29, 0.717) is 36.0 Å². The number of imide groups is 2. The fraction of sp³-hybridized carbons (Fsp3) is 0.419. The van der Waals surface area contributed by atoms with Crippen LogP contribution >= 0.6 is 0 Å². The summed E-state index contributed by atoms with van der Waals surface area (Å²) < 4.78 is 2.04. The fourth-order valence-electron chi connectivity index (χ4n) is 9.23. The fourth-order valence-corrected chi connectivity index (χ4v) is 9.23. The first-order chi connectivity index (χ1) is 28.3. The lowest BCUT2D eigenvalue weighted by atomic mass is 9.57. The molecule has 1 spiro atoms. The van der Waals surface area contributed by atoms with Crippen LogP contribution in [0.2, 0.25) is 0 Å². The summed E-state index contributed by atoms with van der Waals surface area (Å²) in [7, 11) is 6.00. The average molecular weight is 802 g/mol. The first-order valence-electron chi connectivity index (χ1n) is 20.1. The number of aldehydes is 1. The lowest BCUT2D eigenvalue weighted by Gasteiger charge is -2.59. The van der Waals surface area contributed by atoms with E-state index in [-0.39, 0.29) is 59.6 Å². The maximum Gasteiger partial charge on any atom is 0.262 e. The van der Waals surface area contributed by atoms with Crippen LogP contribution in [0.25, 0.3) is 11.0 Å². The Morgan fingerprint density at radius 1 is 0.915 bits per heavy atom. The molecule has 1 unspecified atom stereocenters. The summed E-state index contributed by atoms with van der Waals surface area (Å²) in [6, 6.07) is 12.7. The molecule has 306 valence electrons. The van der Waals surface area contributed by atoms with Crippen molar-refractivity contribution in [1.82, 2.24) is 34.6 Å². The van der Waals surface area contributed by atoms with Gasteiger partial charge in [0.25, 0.3) is 17.7 Å². The number of aromatic nitrogens is 3. The number of anilines is 3. The van der Waals surface area contributed by atoms with Crippen molar-refractivity contribution < 1.29 is 33.6 Å². The Labute approximate surface area is 340 Å². The van der Waals surface area contributed by atoms with E-state index in [9.17, 15) is 33.6 Å². The molecule has 9 rings (SSSR count). The predicted octanol–water partition coefficient (Wildman–Crippen LogP) is 4.56. The normalized spacial score (nSPS) is 19.9. The number of rotatable bonds is 9. The molecule has 5 aliphatic rings. The monoisotopic (exact) mass is 801 g/mol. The van der Waals surface area contributed by atoms with Crippen LogP contribution in [-0.2, 0) is 14.4 Å². The summed E-state index contributed by atoms with van der Waals surface area (Å²) in [6.07, 6.45) is 8.96. The second-order valence-electron chi connectivity index (χ2n) is 16.9. The minimum Gasteiger partial charge on any atom is -0.337 e. The van der Waals surface area contributed by atoms with E-state index in [1.54, 1.807) is 24.4 Å². The van der Waals surface area contributed by atoms with Crippen LogP contribution in [0.5, 0.6) is 0 Å². The molecule has 2 aromatic heterocycles. The summed E-state index contributed by atoms with van der Waals surface area (Å²) >= 11 is 0. The molecule has 1 atom stereocenters. The Bertz CT molecular complexity index is 2370. The van der Waals surface area contributed by atoms with Gasteiger partial charge in [-0.05, 0) is 108 Å². The highest BCUT2D eigenvalue weighted by Crippen LogP contribution is 2.53. The topological polar surface area (TPSA) is 196 Å². The maximum atomic E-state index is 13.3. The van der Waals surface area contributed by atoms with Crippen molar-refractivity contribution in [3.05, 3.63) is 77.1 Å². The summed E-state index contributed by atoms with van der Waals surface area (Å²) in [5.41, 5.74) is 3.30. The van der Waals surface area contributed by atoms with Gasteiger partial charge in [0.05, 0.1) is 16.8 Å². The Morgan fingerprint density at radius 2 is 1.59 bits per heavy atom. The molecule has 6 amide bonds. The first kappa shape index (κ1) is 39.5. The van der Waals surface area contributed by atoms with Gasteiger partial charge < -0.3 is 25.0 Å². The SMILES string of the molecule is CN(C)C.O=Cc1cc2cnc(Nc3ccc(C(=O)N4CC5(CC(CC(=O)Nc6ccc7c(c6)C(=O)N(C6CCC(=O)NC6=O)C7=O)C5)C4)cc3)nc2n1C1CCCC1. The van der Waals surface area contributed by atoms with Crippen LogP contribution < -0.4 is 16.0 Å². The standard InChI is InChI=1S/C40H38N8O7.C3H9N/c49-19-28-14-24-18-41-39(45-34(24)47(28)27-3-1-2-4-27)43-25-7-5-23(6-8-25)36(53)46-20-40(21-46)16-22(17-40)13-33(51)42-26-9-10-29-30(15-26)38(55)48(37(29)54)31-11-12-32(50)44-35(31)52;1-4(2)3/h5-10,14-15,18-19,22,27,31H,1-4,11-13,16-17,20-21H2,(H,42,51)(H,41,43,45)(H,44,50,52);1-3H3. The molecule has 2 saturated heterocycles.